The number of amides is 2. The van der Waals surface area contributed by atoms with E-state index in [1.807, 2.05) is 18.2 Å². The third-order valence-electron chi connectivity index (χ3n) is 4.35. The summed E-state index contributed by atoms with van der Waals surface area (Å²) < 4.78 is 7.47. The monoisotopic (exact) mass is 379 g/mol. The maximum absolute atomic E-state index is 12.6. The van der Waals surface area contributed by atoms with E-state index in [9.17, 15) is 9.59 Å². The van der Waals surface area contributed by atoms with Gasteiger partial charge in [0.2, 0.25) is 5.91 Å². The summed E-state index contributed by atoms with van der Waals surface area (Å²) >= 11 is 0. The predicted molar refractivity (Wildman–Crippen MR) is 98.3 cm³/mol. The first-order valence-electron chi connectivity index (χ1n) is 8.66. The first-order chi connectivity index (χ1) is 13.6. The highest BCUT2D eigenvalue weighted by Crippen LogP contribution is 2.38. The summed E-state index contributed by atoms with van der Waals surface area (Å²) in [4.78, 5) is 23.7. The van der Waals surface area contributed by atoms with Crippen LogP contribution >= 0.6 is 0 Å². The van der Waals surface area contributed by atoms with Gasteiger partial charge in [-0.15, -0.1) is 5.10 Å². The zero-order valence-electron chi connectivity index (χ0n) is 14.8. The van der Waals surface area contributed by atoms with Crippen LogP contribution in [0.4, 0.5) is 5.69 Å². The number of para-hydroxylation sites is 2. The predicted octanol–water partition coefficient (Wildman–Crippen LogP) is 2.12. The van der Waals surface area contributed by atoms with Crippen LogP contribution in [0.15, 0.2) is 48.7 Å². The number of benzene rings is 2. The third kappa shape index (κ3) is 3.55. The van der Waals surface area contributed by atoms with E-state index in [0.717, 1.165) is 5.56 Å². The molecule has 9 nitrogen and oxygen atoms in total. The highest BCUT2D eigenvalue weighted by molar-refractivity contribution is 6.08. The second kappa shape index (κ2) is 7.49. The maximum atomic E-state index is 12.6. The number of hydrogen-bond donors (Lipinski definition) is 3. The summed E-state index contributed by atoms with van der Waals surface area (Å²) in [6, 6.07) is 12.6. The molecule has 0 saturated heterocycles. The fourth-order valence-electron chi connectivity index (χ4n) is 2.99. The number of carbonyl (C=O) groups is 2. The van der Waals surface area contributed by atoms with Crippen LogP contribution in [0, 0.1) is 0 Å². The number of anilines is 1. The Kier molecular flexibility index (Phi) is 4.73. The number of ether oxygens (including phenoxy) is 1. The standard InChI is InChI=1S/C19H17N5O4/c25-17(22-27)8-9-24-11-13(21-23-24)10-12-4-3-7-16-18(12)20-19(26)14-5-1-2-6-15(14)28-16/h1-7,11,27H,8-10H2,(H,20,26)(H,22,25). The van der Waals surface area contributed by atoms with Crippen molar-refractivity contribution in [3.63, 3.8) is 0 Å². The van der Waals surface area contributed by atoms with Gasteiger partial charge in [0.25, 0.3) is 5.91 Å². The molecule has 0 fully saturated rings. The molecule has 0 radical (unpaired) electrons. The number of aryl methyl sites for hydroxylation is 1. The van der Waals surface area contributed by atoms with Gasteiger partial charge >= 0.3 is 0 Å². The number of carbonyl (C=O) groups excluding carboxylic acids is 2. The van der Waals surface area contributed by atoms with E-state index in [-0.39, 0.29) is 12.3 Å². The number of nitrogens with one attached hydrogen (secondary N) is 2. The summed E-state index contributed by atoms with van der Waals surface area (Å²) in [6.07, 6.45) is 2.23. The molecule has 2 amide bonds. The van der Waals surface area contributed by atoms with Crippen molar-refractivity contribution >= 4 is 17.5 Å². The number of fused-ring (bicyclic) bond motifs is 2. The van der Waals surface area contributed by atoms with Gasteiger partial charge in [0.05, 0.1) is 23.5 Å². The van der Waals surface area contributed by atoms with Crippen LogP contribution < -0.4 is 15.5 Å². The molecule has 0 bridgehead atoms. The lowest BCUT2D eigenvalue weighted by molar-refractivity contribution is -0.129. The fraction of sp³-hybridized carbons (Fsp3) is 0.158. The third-order valence-corrected chi connectivity index (χ3v) is 4.35. The van der Waals surface area contributed by atoms with Crippen molar-refractivity contribution in [2.24, 2.45) is 0 Å². The molecule has 28 heavy (non-hydrogen) atoms. The average Bonchev–Trinajstić information content (AvgIpc) is 3.09. The van der Waals surface area contributed by atoms with E-state index in [1.165, 1.54) is 4.68 Å². The average molecular weight is 379 g/mol. The molecule has 4 rings (SSSR count). The number of aromatic nitrogens is 3. The molecule has 142 valence electrons. The highest BCUT2D eigenvalue weighted by Gasteiger charge is 2.22. The second-order valence-electron chi connectivity index (χ2n) is 6.28. The first-order valence-corrected chi connectivity index (χ1v) is 8.66. The number of rotatable bonds is 5. The second-order valence-corrected chi connectivity index (χ2v) is 6.28. The van der Waals surface area contributed by atoms with Gasteiger partial charge in [-0.1, -0.05) is 29.5 Å². The maximum Gasteiger partial charge on any atom is 0.259 e. The van der Waals surface area contributed by atoms with Crippen molar-refractivity contribution < 1.29 is 19.5 Å². The Labute approximate surface area is 159 Å². The molecule has 1 aliphatic rings. The van der Waals surface area contributed by atoms with Crippen LogP contribution in [0.2, 0.25) is 0 Å². The van der Waals surface area contributed by atoms with Gasteiger partial charge in [0.1, 0.15) is 5.75 Å². The van der Waals surface area contributed by atoms with Crippen LogP contribution in [-0.4, -0.2) is 32.0 Å². The zero-order chi connectivity index (χ0) is 19.5. The topological polar surface area (TPSA) is 118 Å². The normalized spacial score (nSPS) is 12.2. The summed E-state index contributed by atoms with van der Waals surface area (Å²) in [5.74, 6) is 0.331. The molecule has 0 unspecified atom stereocenters. The van der Waals surface area contributed by atoms with Crippen LogP contribution in [0.3, 0.4) is 0 Å². The Morgan fingerprint density at radius 1 is 1.18 bits per heavy atom. The SMILES string of the molecule is O=C(CCn1cc(Cc2cccc3c2NC(=O)c2ccccc2O3)nn1)NO. The van der Waals surface area contributed by atoms with Gasteiger partial charge in [0, 0.05) is 19.0 Å². The van der Waals surface area contributed by atoms with Crippen LogP contribution in [-0.2, 0) is 17.8 Å². The molecular formula is C19H17N5O4. The molecule has 0 aliphatic carbocycles. The minimum atomic E-state index is -0.496. The lowest BCUT2D eigenvalue weighted by Crippen LogP contribution is -2.20. The Morgan fingerprint density at radius 2 is 2.00 bits per heavy atom. The van der Waals surface area contributed by atoms with Crippen molar-refractivity contribution in [1.29, 1.82) is 0 Å². The lowest BCUT2D eigenvalue weighted by atomic mass is 10.1. The number of hydroxylamine groups is 1. The van der Waals surface area contributed by atoms with E-state index >= 15 is 0 Å². The van der Waals surface area contributed by atoms with Crippen LogP contribution in [0.5, 0.6) is 11.5 Å². The van der Waals surface area contributed by atoms with Gasteiger partial charge < -0.3 is 10.1 Å². The highest BCUT2D eigenvalue weighted by atomic mass is 16.5. The molecule has 3 aromatic rings. The molecule has 1 aromatic heterocycles. The lowest BCUT2D eigenvalue weighted by Gasteiger charge is -2.11. The Balaban J connectivity index is 1.57. The summed E-state index contributed by atoms with van der Waals surface area (Å²) in [6.45, 7) is 0.293. The molecule has 2 aromatic carbocycles. The molecule has 2 heterocycles. The molecule has 0 spiro atoms. The van der Waals surface area contributed by atoms with Gasteiger partial charge in [-0.05, 0) is 23.8 Å². The largest absolute Gasteiger partial charge is 0.454 e. The van der Waals surface area contributed by atoms with E-state index in [4.69, 9.17) is 9.94 Å². The van der Waals surface area contributed by atoms with Crippen LogP contribution in [0.1, 0.15) is 28.0 Å². The Bertz CT molecular complexity index is 1050. The summed E-state index contributed by atoms with van der Waals surface area (Å²) in [5, 5.41) is 19.6. The van der Waals surface area contributed by atoms with Crippen molar-refractivity contribution in [2.45, 2.75) is 19.4 Å². The minimum Gasteiger partial charge on any atom is -0.454 e. The Morgan fingerprint density at radius 3 is 2.86 bits per heavy atom. The molecule has 3 N–H and O–H groups in total. The zero-order valence-corrected chi connectivity index (χ0v) is 14.8. The minimum absolute atomic E-state index is 0.0855. The van der Waals surface area contributed by atoms with Gasteiger partial charge in [-0.3, -0.25) is 19.5 Å². The van der Waals surface area contributed by atoms with Gasteiger partial charge in [-0.2, -0.15) is 0 Å². The van der Waals surface area contributed by atoms with E-state index in [2.05, 4.69) is 15.6 Å². The summed E-state index contributed by atoms with van der Waals surface area (Å²) in [5.41, 5.74) is 4.15. The van der Waals surface area contributed by atoms with Crippen molar-refractivity contribution in [1.82, 2.24) is 20.5 Å². The molecule has 0 atom stereocenters. The van der Waals surface area contributed by atoms with Crippen LogP contribution in [0.25, 0.3) is 0 Å². The molecular weight excluding hydrogens is 362 g/mol. The first kappa shape index (κ1) is 17.7. The van der Waals surface area contributed by atoms with Gasteiger partial charge in [0.15, 0.2) is 5.75 Å². The number of hydrogen-bond acceptors (Lipinski definition) is 6. The quantitative estimate of drug-likeness (QED) is 0.462. The van der Waals surface area contributed by atoms with E-state index in [1.54, 1.807) is 35.9 Å². The van der Waals surface area contributed by atoms with E-state index in [0.29, 0.717) is 41.4 Å². The fourth-order valence-corrected chi connectivity index (χ4v) is 2.99. The molecule has 0 saturated carbocycles. The van der Waals surface area contributed by atoms with Crippen molar-refractivity contribution in [3.05, 3.63) is 65.5 Å². The molecule has 1 aliphatic heterocycles. The van der Waals surface area contributed by atoms with Crippen molar-refractivity contribution in [3.8, 4) is 11.5 Å². The van der Waals surface area contributed by atoms with Gasteiger partial charge in [-0.25, -0.2) is 5.48 Å². The summed E-state index contributed by atoms with van der Waals surface area (Å²) in [7, 11) is 0. The smallest absolute Gasteiger partial charge is 0.259 e. The molecule has 9 heteroatoms. The van der Waals surface area contributed by atoms with E-state index < -0.39 is 5.91 Å². The number of nitrogens with zero attached hydrogens (tertiary/aromatic N) is 3. The Hall–Kier alpha value is -3.72. The van der Waals surface area contributed by atoms with Crippen molar-refractivity contribution in [2.75, 3.05) is 5.32 Å².